The average molecular weight is 483 g/mol. The first kappa shape index (κ1) is 24.9. The van der Waals surface area contributed by atoms with Crippen LogP contribution < -0.4 is 5.32 Å². The van der Waals surface area contributed by atoms with Crippen LogP contribution in [0.1, 0.15) is 63.2 Å². The summed E-state index contributed by atoms with van der Waals surface area (Å²) in [5, 5.41) is 2.99. The maximum Gasteiger partial charge on any atom is 0.355 e. The summed E-state index contributed by atoms with van der Waals surface area (Å²) in [5.74, 6) is -2.09. The molecule has 1 aromatic carbocycles. The summed E-state index contributed by atoms with van der Waals surface area (Å²) in [6.45, 7) is 8.07. The molecule has 9 heteroatoms. The third kappa shape index (κ3) is 5.26. The van der Waals surface area contributed by atoms with Crippen LogP contribution in [0.25, 0.3) is 10.4 Å². The minimum absolute atomic E-state index is 0.122. The molecule has 0 aliphatic heterocycles. The Balaban J connectivity index is 1.80. The van der Waals surface area contributed by atoms with Gasteiger partial charge in [0.15, 0.2) is 11.9 Å². The molecule has 2 N–H and O–H groups in total. The molecule has 0 radical (unpaired) electrons. The number of thiophene rings is 1. The number of rotatable bonds is 8. The molecule has 178 valence electrons. The predicted molar refractivity (Wildman–Crippen MR) is 129 cm³/mol. The molecule has 1 atom stereocenters. The summed E-state index contributed by atoms with van der Waals surface area (Å²) in [6, 6.07) is 11.1. The Morgan fingerprint density at radius 1 is 1.09 bits per heavy atom. The lowest BCUT2D eigenvalue weighted by Gasteiger charge is -2.13. The van der Waals surface area contributed by atoms with Crippen molar-refractivity contribution in [1.29, 1.82) is 0 Å². The third-order valence-electron chi connectivity index (χ3n) is 5.17. The number of hydrogen-bond acceptors (Lipinski definition) is 7. The number of ketones is 1. The fourth-order valence-corrected chi connectivity index (χ4v) is 4.61. The van der Waals surface area contributed by atoms with Crippen LogP contribution in [-0.4, -0.2) is 41.3 Å². The van der Waals surface area contributed by atoms with Gasteiger partial charge in [-0.15, -0.1) is 11.3 Å². The van der Waals surface area contributed by atoms with Crippen LogP contribution in [-0.2, 0) is 14.3 Å². The molecule has 0 bridgehead atoms. The SMILES string of the molecule is CCOC(=O)c1cc(-c2ccccc2)sc1NC(=O)[C@@H](C)OC(=O)c1[nH]c(C)c(C(C)=O)c1C. The zero-order chi connectivity index (χ0) is 25.0. The Labute approximate surface area is 201 Å². The van der Waals surface area contributed by atoms with Gasteiger partial charge in [-0.2, -0.15) is 0 Å². The lowest BCUT2D eigenvalue weighted by Crippen LogP contribution is -2.30. The molecule has 0 aliphatic carbocycles. The van der Waals surface area contributed by atoms with E-state index in [0.29, 0.717) is 21.8 Å². The van der Waals surface area contributed by atoms with Crippen LogP contribution >= 0.6 is 11.3 Å². The van der Waals surface area contributed by atoms with Gasteiger partial charge >= 0.3 is 11.9 Å². The van der Waals surface area contributed by atoms with Gasteiger partial charge in [0.1, 0.15) is 10.7 Å². The topological polar surface area (TPSA) is 115 Å². The van der Waals surface area contributed by atoms with Gasteiger partial charge in [-0.25, -0.2) is 9.59 Å². The van der Waals surface area contributed by atoms with Crippen LogP contribution in [0, 0.1) is 13.8 Å². The molecular weight excluding hydrogens is 456 g/mol. The summed E-state index contributed by atoms with van der Waals surface area (Å²) in [7, 11) is 0. The number of carbonyl (C=O) groups excluding carboxylic acids is 4. The van der Waals surface area contributed by atoms with Crippen molar-refractivity contribution in [3.8, 4) is 10.4 Å². The Morgan fingerprint density at radius 2 is 1.76 bits per heavy atom. The number of amides is 1. The van der Waals surface area contributed by atoms with E-state index in [-0.39, 0.29) is 23.6 Å². The highest BCUT2D eigenvalue weighted by molar-refractivity contribution is 7.20. The first-order valence-electron chi connectivity index (χ1n) is 10.7. The zero-order valence-corrected chi connectivity index (χ0v) is 20.4. The lowest BCUT2D eigenvalue weighted by atomic mass is 10.1. The molecule has 3 rings (SSSR count). The molecule has 0 aliphatic rings. The molecule has 0 saturated carbocycles. The zero-order valence-electron chi connectivity index (χ0n) is 19.6. The van der Waals surface area contributed by atoms with Crippen LogP contribution in [0.4, 0.5) is 5.00 Å². The van der Waals surface area contributed by atoms with E-state index in [1.807, 2.05) is 30.3 Å². The van der Waals surface area contributed by atoms with Gasteiger partial charge in [-0.3, -0.25) is 9.59 Å². The number of aryl methyl sites for hydroxylation is 1. The largest absolute Gasteiger partial charge is 0.462 e. The van der Waals surface area contributed by atoms with E-state index in [9.17, 15) is 19.2 Å². The fourth-order valence-electron chi connectivity index (χ4n) is 3.56. The normalized spacial score (nSPS) is 11.6. The molecule has 0 saturated heterocycles. The van der Waals surface area contributed by atoms with E-state index in [0.717, 1.165) is 10.4 Å². The maximum atomic E-state index is 12.8. The van der Waals surface area contributed by atoms with Crippen LogP contribution in [0.5, 0.6) is 0 Å². The van der Waals surface area contributed by atoms with Gasteiger partial charge in [0.05, 0.1) is 12.2 Å². The Morgan fingerprint density at radius 3 is 2.35 bits per heavy atom. The van der Waals surface area contributed by atoms with Crippen LogP contribution in [0.15, 0.2) is 36.4 Å². The summed E-state index contributed by atoms with van der Waals surface area (Å²) < 4.78 is 10.5. The highest BCUT2D eigenvalue weighted by Gasteiger charge is 2.26. The van der Waals surface area contributed by atoms with E-state index in [1.54, 1.807) is 26.8 Å². The molecule has 8 nitrogen and oxygen atoms in total. The minimum Gasteiger partial charge on any atom is -0.462 e. The van der Waals surface area contributed by atoms with Crippen molar-refractivity contribution in [2.75, 3.05) is 11.9 Å². The fraction of sp³-hybridized carbons (Fsp3) is 0.280. The number of nitrogens with one attached hydrogen (secondary N) is 2. The number of ether oxygens (including phenoxy) is 2. The molecule has 3 aromatic rings. The molecule has 0 fully saturated rings. The van der Waals surface area contributed by atoms with E-state index in [1.165, 1.54) is 25.2 Å². The second-order valence-electron chi connectivity index (χ2n) is 7.66. The molecule has 0 spiro atoms. The first-order chi connectivity index (χ1) is 16.1. The van der Waals surface area contributed by atoms with Crippen molar-refractivity contribution in [3.05, 3.63) is 64.5 Å². The van der Waals surface area contributed by atoms with E-state index < -0.39 is 23.9 Å². The van der Waals surface area contributed by atoms with Gasteiger partial charge in [0, 0.05) is 16.1 Å². The smallest absolute Gasteiger partial charge is 0.355 e. The summed E-state index contributed by atoms with van der Waals surface area (Å²) in [4.78, 5) is 53.4. The summed E-state index contributed by atoms with van der Waals surface area (Å²) >= 11 is 1.22. The van der Waals surface area contributed by atoms with Gasteiger partial charge in [0.2, 0.25) is 0 Å². The highest BCUT2D eigenvalue weighted by Crippen LogP contribution is 2.36. The second kappa shape index (κ2) is 10.5. The molecule has 0 unspecified atom stereocenters. The Bertz CT molecular complexity index is 1240. The van der Waals surface area contributed by atoms with Gasteiger partial charge < -0.3 is 19.8 Å². The number of H-pyrrole nitrogens is 1. The number of anilines is 1. The van der Waals surface area contributed by atoms with Crippen molar-refractivity contribution in [3.63, 3.8) is 0 Å². The highest BCUT2D eigenvalue weighted by atomic mass is 32.1. The van der Waals surface area contributed by atoms with Crippen molar-refractivity contribution in [2.24, 2.45) is 0 Å². The average Bonchev–Trinajstić information content (AvgIpc) is 3.34. The molecule has 2 heterocycles. The standard InChI is InChI=1S/C25H26N2O6S/c1-6-32-24(30)18-12-19(17-10-8-7-9-11-17)34-23(18)27-22(29)16(5)33-25(31)21-13(2)20(15(4)28)14(3)26-21/h7-12,16,26H,6H2,1-5H3,(H,27,29)/t16-/m1/s1. The Hall–Kier alpha value is -3.72. The third-order valence-corrected chi connectivity index (χ3v) is 6.27. The van der Waals surface area contributed by atoms with Gasteiger partial charge in [-0.05, 0) is 51.8 Å². The number of Topliss-reactive ketones (excluding diaryl/α,β-unsaturated/α-hetero) is 1. The molecule has 1 amide bonds. The number of benzene rings is 1. The number of hydrogen-bond donors (Lipinski definition) is 2. The molecular formula is C25H26N2O6S. The van der Waals surface area contributed by atoms with Gasteiger partial charge in [-0.1, -0.05) is 30.3 Å². The van der Waals surface area contributed by atoms with Crippen molar-refractivity contribution in [2.45, 2.75) is 40.7 Å². The number of aromatic amines is 1. The van der Waals surface area contributed by atoms with Crippen LogP contribution in [0.2, 0.25) is 0 Å². The number of aromatic nitrogens is 1. The second-order valence-corrected chi connectivity index (χ2v) is 8.71. The maximum absolute atomic E-state index is 12.8. The monoisotopic (exact) mass is 482 g/mol. The predicted octanol–water partition coefficient (Wildman–Crippen LogP) is 4.92. The van der Waals surface area contributed by atoms with E-state index >= 15 is 0 Å². The minimum atomic E-state index is -1.16. The molecule has 34 heavy (non-hydrogen) atoms. The number of carbonyl (C=O) groups is 4. The first-order valence-corrected chi connectivity index (χ1v) is 11.5. The Kier molecular flexibility index (Phi) is 7.68. The summed E-state index contributed by atoms with van der Waals surface area (Å²) in [6.07, 6.45) is -1.16. The van der Waals surface area contributed by atoms with Crippen molar-refractivity contribution >= 4 is 40.0 Å². The van der Waals surface area contributed by atoms with E-state index in [4.69, 9.17) is 9.47 Å². The van der Waals surface area contributed by atoms with Crippen molar-refractivity contribution < 1.29 is 28.7 Å². The van der Waals surface area contributed by atoms with Crippen molar-refractivity contribution in [1.82, 2.24) is 4.98 Å². The lowest BCUT2D eigenvalue weighted by molar-refractivity contribution is -0.123. The quantitative estimate of drug-likeness (QED) is 0.348. The number of esters is 2. The van der Waals surface area contributed by atoms with E-state index in [2.05, 4.69) is 10.3 Å². The molecule has 2 aromatic heterocycles. The summed E-state index contributed by atoms with van der Waals surface area (Å²) in [5.41, 5.74) is 2.68. The van der Waals surface area contributed by atoms with Crippen LogP contribution in [0.3, 0.4) is 0 Å². The van der Waals surface area contributed by atoms with Gasteiger partial charge in [0.25, 0.3) is 5.91 Å².